The van der Waals surface area contributed by atoms with Gasteiger partial charge in [-0.05, 0) is 68.7 Å². The average Bonchev–Trinajstić information content (AvgIpc) is 2.45. The molecule has 1 aromatic rings. The van der Waals surface area contributed by atoms with Gasteiger partial charge in [0.25, 0.3) is 0 Å². The van der Waals surface area contributed by atoms with Crippen molar-refractivity contribution in [3.05, 3.63) is 34.9 Å². The molecule has 112 valence electrons. The Hall–Kier alpha value is -0.860. The third kappa shape index (κ3) is 4.07. The molecule has 1 heterocycles. The number of nitrogens with one attached hydrogen (secondary N) is 1. The first-order chi connectivity index (χ1) is 9.72. The van der Waals surface area contributed by atoms with E-state index in [4.69, 9.17) is 4.74 Å². The molecule has 0 spiro atoms. The maximum atomic E-state index is 5.50. The number of ether oxygens (including phenoxy) is 1. The summed E-state index contributed by atoms with van der Waals surface area (Å²) in [6.07, 6.45) is 4.87. The molecule has 0 aromatic heterocycles. The van der Waals surface area contributed by atoms with Crippen LogP contribution in [0.2, 0.25) is 0 Å². The van der Waals surface area contributed by atoms with Crippen LogP contribution >= 0.6 is 0 Å². The molecule has 2 nitrogen and oxygen atoms in total. The molecule has 20 heavy (non-hydrogen) atoms. The Morgan fingerprint density at radius 3 is 2.45 bits per heavy atom. The number of aryl methyl sites for hydroxylation is 2. The fraction of sp³-hybridized carbons (Fsp3) is 0.667. The minimum Gasteiger partial charge on any atom is -0.381 e. The summed E-state index contributed by atoms with van der Waals surface area (Å²) in [6, 6.07) is 7.15. The second-order valence-corrected chi connectivity index (χ2v) is 6.10. The average molecular weight is 275 g/mol. The van der Waals surface area contributed by atoms with Gasteiger partial charge in [-0.25, -0.2) is 0 Å². The van der Waals surface area contributed by atoms with E-state index in [1.54, 1.807) is 0 Å². The molecule has 0 aliphatic carbocycles. The number of rotatable bonds is 6. The molecule has 1 N–H and O–H groups in total. The van der Waals surface area contributed by atoms with E-state index < -0.39 is 0 Å². The molecule has 1 saturated heterocycles. The SMILES string of the molecule is CCCNC(CC1CCOCC1)c1c(C)cccc1C. The molecule has 2 heteroatoms. The van der Waals surface area contributed by atoms with Crippen LogP contribution < -0.4 is 5.32 Å². The lowest BCUT2D eigenvalue weighted by atomic mass is 9.86. The molecular weight excluding hydrogens is 246 g/mol. The Labute approximate surface area is 123 Å². The van der Waals surface area contributed by atoms with Crippen molar-refractivity contribution < 1.29 is 4.74 Å². The molecule has 1 atom stereocenters. The van der Waals surface area contributed by atoms with Crippen LogP contribution in [0.3, 0.4) is 0 Å². The normalized spacial score (nSPS) is 18.1. The van der Waals surface area contributed by atoms with E-state index in [0.29, 0.717) is 6.04 Å². The molecule has 0 radical (unpaired) electrons. The van der Waals surface area contributed by atoms with E-state index >= 15 is 0 Å². The van der Waals surface area contributed by atoms with Gasteiger partial charge in [-0.2, -0.15) is 0 Å². The molecule has 1 fully saturated rings. The first-order valence-corrected chi connectivity index (χ1v) is 8.09. The largest absolute Gasteiger partial charge is 0.381 e. The van der Waals surface area contributed by atoms with E-state index in [1.165, 1.54) is 42.4 Å². The summed E-state index contributed by atoms with van der Waals surface area (Å²) in [5.74, 6) is 0.803. The zero-order chi connectivity index (χ0) is 14.4. The summed E-state index contributed by atoms with van der Waals surface area (Å²) < 4.78 is 5.50. The van der Waals surface area contributed by atoms with Crippen molar-refractivity contribution >= 4 is 0 Å². The smallest absolute Gasteiger partial charge is 0.0468 e. The Kier molecular flexibility index (Phi) is 6.06. The predicted molar refractivity (Wildman–Crippen MR) is 85.1 cm³/mol. The quantitative estimate of drug-likeness (QED) is 0.841. The molecule has 1 unspecified atom stereocenters. The fourth-order valence-corrected chi connectivity index (χ4v) is 3.31. The van der Waals surface area contributed by atoms with Crippen LogP contribution in [0.25, 0.3) is 0 Å². The summed E-state index contributed by atoms with van der Waals surface area (Å²) in [5.41, 5.74) is 4.36. The Balaban J connectivity index is 2.13. The van der Waals surface area contributed by atoms with E-state index in [1.807, 2.05) is 0 Å². The molecule has 0 saturated carbocycles. The number of benzene rings is 1. The Bertz CT molecular complexity index is 390. The van der Waals surface area contributed by atoms with Crippen molar-refractivity contribution in [3.8, 4) is 0 Å². The van der Waals surface area contributed by atoms with Crippen LogP contribution in [0.1, 0.15) is 55.3 Å². The van der Waals surface area contributed by atoms with E-state index in [0.717, 1.165) is 25.7 Å². The maximum Gasteiger partial charge on any atom is 0.0468 e. The van der Waals surface area contributed by atoms with Crippen molar-refractivity contribution in [1.29, 1.82) is 0 Å². The maximum absolute atomic E-state index is 5.50. The van der Waals surface area contributed by atoms with Crippen LogP contribution in [0, 0.1) is 19.8 Å². The lowest BCUT2D eigenvalue weighted by Gasteiger charge is -2.29. The topological polar surface area (TPSA) is 21.3 Å². The van der Waals surface area contributed by atoms with Gasteiger partial charge in [0.2, 0.25) is 0 Å². The minimum absolute atomic E-state index is 0.499. The third-order valence-electron chi connectivity index (χ3n) is 4.44. The van der Waals surface area contributed by atoms with E-state index in [-0.39, 0.29) is 0 Å². The standard InChI is InChI=1S/C18H29NO/c1-4-10-19-17(13-16-8-11-20-12-9-16)18-14(2)6-5-7-15(18)3/h5-7,16-17,19H,4,8-13H2,1-3H3. The van der Waals surface area contributed by atoms with Crippen molar-refractivity contribution in [3.63, 3.8) is 0 Å². The first-order valence-electron chi connectivity index (χ1n) is 8.09. The Morgan fingerprint density at radius 1 is 1.20 bits per heavy atom. The van der Waals surface area contributed by atoms with Crippen molar-refractivity contribution in [1.82, 2.24) is 5.32 Å². The number of hydrogen-bond acceptors (Lipinski definition) is 2. The van der Waals surface area contributed by atoms with Crippen LogP contribution in [0.4, 0.5) is 0 Å². The molecule has 2 rings (SSSR count). The molecule has 1 aliphatic rings. The van der Waals surface area contributed by atoms with Gasteiger partial charge in [0.15, 0.2) is 0 Å². The lowest BCUT2D eigenvalue weighted by Crippen LogP contribution is -2.28. The minimum atomic E-state index is 0.499. The number of hydrogen-bond donors (Lipinski definition) is 1. The molecule has 1 aliphatic heterocycles. The van der Waals surface area contributed by atoms with Gasteiger partial charge in [0, 0.05) is 19.3 Å². The molecule has 1 aromatic carbocycles. The van der Waals surface area contributed by atoms with E-state index in [2.05, 4.69) is 44.3 Å². The van der Waals surface area contributed by atoms with Crippen molar-refractivity contribution in [2.75, 3.05) is 19.8 Å². The van der Waals surface area contributed by atoms with Crippen LogP contribution in [-0.4, -0.2) is 19.8 Å². The van der Waals surface area contributed by atoms with Gasteiger partial charge in [0.05, 0.1) is 0 Å². The van der Waals surface area contributed by atoms with E-state index in [9.17, 15) is 0 Å². The van der Waals surface area contributed by atoms with Crippen LogP contribution in [0.15, 0.2) is 18.2 Å². The van der Waals surface area contributed by atoms with Gasteiger partial charge in [-0.15, -0.1) is 0 Å². The third-order valence-corrected chi connectivity index (χ3v) is 4.44. The highest BCUT2D eigenvalue weighted by Gasteiger charge is 2.22. The van der Waals surface area contributed by atoms with Gasteiger partial charge in [0.1, 0.15) is 0 Å². The van der Waals surface area contributed by atoms with Crippen LogP contribution in [-0.2, 0) is 4.74 Å². The lowest BCUT2D eigenvalue weighted by molar-refractivity contribution is 0.0605. The molecular formula is C18H29NO. The monoisotopic (exact) mass is 275 g/mol. The van der Waals surface area contributed by atoms with Crippen molar-refractivity contribution in [2.45, 2.75) is 52.5 Å². The van der Waals surface area contributed by atoms with Crippen LogP contribution in [0.5, 0.6) is 0 Å². The predicted octanol–water partition coefficient (Wildman–Crippen LogP) is 4.16. The summed E-state index contributed by atoms with van der Waals surface area (Å²) in [4.78, 5) is 0. The summed E-state index contributed by atoms with van der Waals surface area (Å²) in [6.45, 7) is 9.71. The zero-order valence-corrected chi connectivity index (χ0v) is 13.2. The van der Waals surface area contributed by atoms with Gasteiger partial charge in [-0.1, -0.05) is 25.1 Å². The second kappa shape index (κ2) is 7.80. The zero-order valence-electron chi connectivity index (χ0n) is 13.2. The molecule has 0 bridgehead atoms. The van der Waals surface area contributed by atoms with Gasteiger partial charge < -0.3 is 10.1 Å². The second-order valence-electron chi connectivity index (χ2n) is 6.10. The molecule has 0 amide bonds. The first kappa shape index (κ1) is 15.5. The Morgan fingerprint density at radius 2 is 1.85 bits per heavy atom. The van der Waals surface area contributed by atoms with Gasteiger partial charge in [-0.3, -0.25) is 0 Å². The fourth-order valence-electron chi connectivity index (χ4n) is 3.31. The highest BCUT2D eigenvalue weighted by molar-refractivity contribution is 5.36. The summed E-state index contributed by atoms with van der Waals surface area (Å²) >= 11 is 0. The highest BCUT2D eigenvalue weighted by atomic mass is 16.5. The van der Waals surface area contributed by atoms with Crippen molar-refractivity contribution in [2.24, 2.45) is 5.92 Å². The summed E-state index contributed by atoms with van der Waals surface area (Å²) in [5, 5.41) is 3.77. The highest BCUT2D eigenvalue weighted by Crippen LogP contribution is 2.31. The summed E-state index contributed by atoms with van der Waals surface area (Å²) in [7, 11) is 0. The van der Waals surface area contributed by atoms with Gasteiger partial charge >= 0.3 is 0 Å².